The third-order valence-corrected chi connectivity index (χ3v) is 4.19. The van der Waals surface area contributed by atoms with Crippen LogP contribution in [0.25, 0.3) is 11.4 Å². The number of tetrazole rings is 1. The van der Waals surface area contributed by atoms with Gasteiger partial charge in [0.2, 0.25) is 11.7 Å². The van der Waals surface area contributed by atoms with Crippen LogP contribution in [-0.4, -0.2) is 55.2 Å². The highest BCUT2D eigenvalue weighted by molar-refractivity contribution is 5.76. The molecular formula is C16H19N5O3. The third-order valence-electron chi connectivity index (χ3n) is 4.19. The fourth-order valence-corrected chi connectivity index (χ4v) is 2.87. The van der Waals surface area contributed by atoms with Gasteiger partial charge >= 0.3 is 5.97 Å². The van der Waals surface area contributed by atoms with Crippen molar-refractivity contribution in [2.45, 2.75) is 25.8 Å². The molecule has 126 valence electrons. The van der Waals surface area contributed by atoms with Crippen LogP contribution in [-0.2, 0) is 16.1 Å². The number of benzene rings is 1. The first-order valence-corrected chi connectivity index (χ1v) is 7.94. The summed E-state index contributed by atoms with van der Waals surface area (Å²) < 4.78 is 0. The van der Waals surface area contributed by atoms with Gasteiger partial charge in [-0.3, -0.25) is 9.59 Å². The van der Waals surface area contributed by atoms with E-state index in [1.54, 1.807) is 4.90 Å². The van der Waals surface area contributed by atoms with Gasteiger partial charge in [0.1, 0.15) is 6.54 Å². The predicted molar refractivity (Wildman–Crippen MR) is 84.8 cm³/mol. The highest BCUT2D eigenvalue weighted by atomic mass is 16.4. The normalized spacial score (nSPS) is 15.4. The molecule has 0 aliphatic carbocycles. The maximum absolute atomic E-state index is 12.3. The van der Waals surface area contributed by atoms with E-state index >= 15 is 0 Å². The number of carbonyl (C=O) groups excluding carboxylic acids is 1. The molecule has 1 aromatic carbocycles. The van der Waals surface area contributed by atoms with E-state index in [0.29, 0.717) is 18.9 Å². The maximum atomic E-state index is 12.3. The summed E-state index contributed by atoms with van der Waals surface area (Å²) in [5, 5.41) is 21.0. The predicted octanol–water partition coefficient (Wildman–Crippen LogP) is 1.05. The topological polar surface area (TPSA) is 101 Å². The summed E-state index contributed by atoms with van der Waals surface area (Å²) in [4.78, 5) is 26.1. The molecule has 0 bridgehead atoms. The lowest BCUT2D eigenvalue weighted by Gasteiger charge is -2.31. The molecule has 0 unspecified atom stereocenters. The molecule has 0 spiro atoms. The molecule has 2 heterocycles. The SMILES string of the molecule is O=C(O)CC1CCN(C(=O)Cn2nnc(-c3ccccc3)n2)CC1. The van der Waals surface area contributed by atoms with Gasteiger partial charge in [-0.25, -0.2) is 0 Å². The van der Waals surface area contributed by atoms with Crippen LogP contribution < -0.4 is 0 Å². The maximum Gasteiger partial charge on any atom is 0.303 e. The number of hydrogen-bond acceptors (Lipinski definition) is 5. The van der Waals surface area contributed by atoms with Crippen molar-refractivity contribution in [2.75, 3.05) is 13.1 Å². The summed E-state index contributed by atoms with van der Waals surface area (Å²) in [6.45, 7) is 1.21. The summed E-state index contributed by atoms with van der Waals surface area (Å²) in [6.07, 6.45) is 1.61. The number of aliphatic carboxylic acids is 1. The number of piperidine rings is 1. The average Bonchev–Trinajstić information content (AvgIpc) is 3.04. The Morgan fingerprint density at radius 3 is 2.54 bits per heavy atom. The van der Waals surface area contributed by atoms with Crippen LogP contribution in [0.4, 0.5) is 0 Å². The molecule has 2 aromatic rings. The molecule has 8 heteroatoms. The lowest BCUT2D eigenvalue weighted by atomic mass is 9.93. The molecular weight excluding hydrogens is 310 g/mol. The van der Waals surface area contributed by atoms with Crippen molar-refractivity contribution in [1.82, 2.24) is 25.1 Å². The number of rotatable bonds is 5. The van der Waals surface area contributed by atoms with Gasteiger partial charge in [0.15, 0.2) is 0 Å². The molecule has 1 N–H and O–H groups in total. The zero-order valence-corrected chi connectivity index (χ0v) is 13.2. The molecule has 24 heavy (non-hydrogen) atoms. The number of carboxylic acids is 1. The highest BCUT2D eigenvalue weighted by Crippen LogP contribution is 2.20. The number of carboxylic acid groups (broad SMARTS) is 1. The van der Waals surface area contributed by atoms with E-state index in [1.165, 1.54) is 4.80 Å². The minimum atomic E-state index is -0.778. The van der Waals surface area contributed by atoms with Gasteiger partial charge in [0, 0.05) is 25.1 Å². The molecule has 1 aliphatic heterocycles. The molecule has 1 amide bonds. The number of nitrogens with zero attached hydrogens (tertiary/aromatic N) is 5. The van der Waals surface area contributed by atoms with Gasteiger partial charge in [-0.2, -0.15) is 4.80 Å². The van der Waals surface area contributed by atoms with Crippen molar-refractivity contribution in [3.63, 3.8) is 0 Å². The van der Waals surface area contributed by atoms with Gasteiger partial charge in [0.25, 0.3) is 0 Å². The first kappa shape index (κ1) is 16.1. The number of hydrogen-bond donors (Lipinski definition) is 1. The zero-order chi connectivity index (χ0) is 16.9. The summed E-state index contributed by atoms with van der Waals surface area (Å²) in [7, 11) is 0. The van der Waals surface area contributed by atoms with E-state index in [-0.39, 0.29) is 24.8 Å². The Labute approximate surface area is 139 Å². The van der Waals surface area contributed by atoms with Gasteiger partial charge in [0.05, 0.1) is 0 Å². The molecule has 1 aliphatic rings. The molecule has 0 atom stereocenters. The van der Waals surface area contributed by atoms with Crippen LogP contribution in [0.15, 0.2) is 30.3 Å². The average molecular weight is 329 g/mol. The van der Waals surface area contributed by atoms with E-state index in [9.17, 15) is 9.59 Å². The smallest absolute Gasteiger partial charge is 0.303 e. The number of amides is 1. The van der Waals surface area contributed by atoms with Crippen molar-refractivity contribution >= 4 is 11.9 Å². The molecule has 0 saturated carbocycles. The minimum absolute atomic E-state index is 0.0451. The number of aromatic nitrogens is 4. The zero-order valence-electron chi connectivity index (χ0n) is 13.2. The van der Waals surface area contributed by atoms with Gasteiger partial charge in [-0.05, 0) is 24.0 Å². The molecule has 0 radical (unpaired) electrons. The summed E-state index contributed by atoms with van der Waals surface area (Å²) in [6, 6.07) is 9.46. The monoisotopic (exact) mass is 329 g/mol. The Morgan fingerprint density at radius 1 is 1.17 bits per heavy atom. The second-order valence-corrected chi connectivity index (χ2v) is 5.93. The highest BCUT2D eigenvalue weighted by Gasteiger charge is 2.24. The van der Waals surface area contributed by atoms with E-state index in [1.807, 2.05) is 30.3 Å². The van der Waals surface area contributed by atoms with E-state index in [2.05, 4.69) is 15.4 Å². The second-order valence-electron chi connectivity index (χ2n) is 5.93. The van der Waals surface area contributed by atoms with Gasteiger partial charge in [-0.15, -0.1) is 10.2 Å². The third kappa shape index (κ3) is 3.95. The summed E-state index contributed by atoms with van der Waals surface area (Å²) >= 11 is 0. The van der Waals surface area contributed by atoms with Crippen LogP contribution in [0.5, 0.6) is 0 Å². The lowest BCUT2D eigenvalue weighted by Crippen LogP contribution is -2.40. The fourth-order valence-electron chi connectivity index (χ4n) is 2.87. The summed E-state index contributed by atoms with van der Waals surface area (Å²) in [5.74, 6) is -0.204. The molecule has 3 rings (SSSR count). The quantitative estimate of drug-likeness (QED) is 0.880. The van der Waals surface area contributed by atoms with Crippen LogP contribution in [0.3, 0.4) is 0 Å². The van der Waals surface area contributed by atoms with E-state index < -0.39 is 5.97 Å². The molecule has 1 fully saturated rings. The molecule has 1 saturated heterocycles. The lowest BCUT2D eigenvalue weighted by molar-refractivity contribution is -0.138. The fraction of sp³-hybridized carbons (Fsp3) is 0.438. The first-order chi connectivity index (χ1) is 11.6. The van der Waals surface area contributed by atoms with Crippen LogP contribution >= 0.6 is 0 Å². The van der Waals surface area contributed by atoms with Crippen molar-refractivity contribution in [3.05, 3.63) is 30.3 Å². The van der Waals surface area contributed by atoms with E-state index in [0.717, 1.165) is 18.4 Å². The van der Waals surface area contributed by atoms with Crippen molar-refractivity contribution in [3.8, 4) is 11.4 Å². The standard InChI is InChI=1S/C16H19N5O3/c22-14(20-8-6-12(7-9-20)10-15(23)24)11-21-18-16(17-19-21)13-4-2-1-3-5-13/h1-5,12H,6-11H2,(H,23,24). The van der Waals surface area contributed by atoms with Gasteiger partial charge in [-0.1, -0.05) is 30.3 Å². The van der Waals surface area contributed by atoms with Crippen molar-refractivity contribution in [2.24, 2.45) is 5.92 Å². The van der Waals surface area contributed by atoms with Crippen LogP contribution in [0, 0.1) is 5.92 Å². The Morgan fingerprint density at radius 2 is 1.88 bits per heavy atom. The Bertz CT molecular complexity index is 708. The van der Waals surface area contributed by atoms with Crippen molar-refractivity contribution < 1.29 is 14.7 Å². The Kier molecular flexibility index (Phi) is 4.83. The van der Waals surface area contributed by atoms with Crippen molar-refractivity contribution in [1.29, 1.82) is 0 Å². The second kappa shape index (κ2) is 7.20. The van der Waals surface area contributed by atoms with Gasteiger partial charge < -0.3 is 10.0 Å². The number of carbonyl (C=O) groups is 2. The molecule has 8 nitrogen and oxygen atoms in total. The minimum Gasteiger partial charge on any atom is -0.481 e. The van der Waals surface area contributed by atoms with Crippen LogP contribution in [0.2, 0.25) is 0 Å². The first-order valence-electron chi connectivity index (χ1n) is 7.94. The number of likely N-dealkylation sites (tertiary alicyclic amines) is 1. The molecule has 1 aromatic heterocycles. The summed E-state index contributed by atoms with van der Waals surface area (Å²) in [5.41, 5.74) is 0.852. The largest absolute Gasteiger partial charge is 0.481 e. The Hall–Kier alpha value is -2.77. The van der Waals surface area contributed by atoms with E-state index in [4.69, 9.17) is 5.11 Å². The Balaban J connectivity index is 1.54. The van der Waals surface area contributed by atoms with Crippen LogP contribution in [0.1, 0.15) is 19.3 Å².